The summed E-state index contributed by atoms with van der Waals surface area (Å²) in [6.45, 7) is 6.59. The van der Waals surface area contributed by atoms with Crippen molar-refractivity contribution in [3.8, 4) is 11.1 Å². The zero-order valence-electron chi connectivity index (χ0n) is 20.0. The fraction of sp³-hybridized carbons (Fsp3) is 0.0909. The summed E-state index contributed by atoms with van der Waals surface area (Å²) in [7, 11) is -0.709. The highest BCUT2D eigenvalue weighted by Gasteiger charge is 2.23. The maximum absolute atomic E-state index is 2.37. The molecule has 34 heavy (non-hydrogen) atoms. The monoisotopic (exact) mass is 456 g/mol. The molecule has 0 heterocycles. The predicted octanol–water partition coefficient (Wildman–Crippen LogP) is 8.00. The number of aryl methyl sites for hydroxylation is 1. The van der Waals surface area contributed by atoms with E-state index >= 15 is 0 Å². The van der Waals surface area contributed by atoms with Crippen LogP contribution in [0, 0.1) is 6.92 Å². The van der Waals surface area contributed by atoms with Crippen molar-refractivity contribution in [1.29, 1.82) is 0 Å². The summed E-state index contributed by atoms with van der Waals surface area (Å²) >= 11 is 0. The summed E-state index contributed by atoms with van der Waals surface area (Å²) in [5.41, 5.74) is 6.62. The van der Waals surface area contributed by atoms with Gasteiger partial charge in [-0.05, 0) is 83.2 Å². The Bertz CT molecular complexity index is 1420. The molecule has 0 N–H and O–H groups in total. The second-order valence-electron chi connectivity index (χ2n) is 8.66. The molecule has 0 unspecified atom stereocenters. The zero-order chi connectivity index (χ0) is 23.5. The second kappa shape index (κ2) is 9.80. The van der Waals surface area contributed by atoms with Crippen LogP contribution in [0.2, 0.25) is 0 Å². The molecule has 0 atom stereocenters. The minimum atomic E-state index is -0.709. The number of benzene rings is 5. The average Bonchev–Trinajstić information content (AvgIpc) is 2.90. The van der Waals surface area contributed by atoms with E-state index in [9.17, 15) is 0 Å². The van der Waals surface area contributed by atoms with Crippen LogP contribution < -0.4 is 15.9 Å². The molecule has 0 aliphatic carbocycles. The molecule has 0 saturated heterocycles. The van der Waals surface area contributed by atoms with E-state index < -0.39 is 7.92 Å². The van der Waals surface area contributed by atoms with Gasteiger partial charge < -0.3 is 0 Å². The van der Waals surface area contributed by atoms with E-state index in [2.05, 4.69) is 142 Å². The Balaban J connectivity index is 1.87. The van der Waals surface area contributed by atoms with Gasteiger partial charge in [-0.25, -0.2) is 0 Å². The standard InChI is InChI=1S/C33H29P/c1-4-24(2)31-23-25(3)28-19-11-12-20-29(28)33(31)30-21-13-14-22-32(30)34(26-15-7-5-8-16-26)27-17-9-6-10-18-27/h4-23H,1-3H3. The summed E-state index contributed by atoms with van der Waals surface area (Å²) < 4.78 is 0. The maximum atomic E-state index is 2.37. The summed E-state index contributed by atoms with van der Waals surface area (Å²) in [6, 6.07) is 42.2. The maximum Gasteiger partial charge on any atom is -0.00234 e. The van der Waals surface area contributed by atoms with Gasteiger partial charge >= 0.3 is 0 Å². The van der Waals surface area contributed by atoms with Crippen molar-refractivity contribution in [2.75, 3.05) is 0 Å². The van der Waals surface area contributed by atoms with Crippen molar-refractivity contribution in [2.24, 2.45) is 0 Å². The third kappa shape index (κ3) is 4.11. The highest BCUT2D eigenvalue weighted by Crippen LogP contribution is 2.42. The lowest BCUT2D eigenvalue weighted by molar-refractivity contribution is 1.47. The second-order valence-corrected chi connectivity index (χ2v) is 10.8. The molecule has 166 valence electrons. The van der Waals surface area contributed by atoms with E-state index in [4.69, 9.17) is 0 Å². The third-order valence-electron chi connectivity index (χ3n) is 6.55. The van der Waals surface area contributed by atoms with Crippen molar-refractivity contribution in [3.63, 3.8) is 0 Å². The molecule has 0 fully saturated rings. The van der Waals surface area contributed by atoms with Gasteiger partial charge in [-0.2, -0.15) is 0 Å². The van der Waals surface area contributed by atoms with E-state index in [1.54, 1.807) is 0 Å². The first-order valence-corrected chi connectivity index (χ1v) is 13.2. The molecule has 0 saturated carbocycles. The molecule has 5 aromatic rings. The van der Waals surface area contributed by atoms with Crippen LogP contribution in [0.1, 0.15) is 25.0 Å². The quantitative estimate of drug-likeness (QED) is 0.235. The summed E-state index contributed by atoms with van der Waals surface area (Å²) in [5, 5.41) is 6.79. The molecule has 0 nitrogen and oxygen atoms in total. The first-order chi connectivity index (χ1) is 16.7. The smallest absolute Gasteiger partial charge is 0.00234 e. The van der Waals surface area contributed by atoms with E-state index in [-0.39, 0.29) is 0 Å². The third-order valence-corrected chi connectivity index (χ3v) is 9.05. The molecule has 5 rings (SSSR count). The molecular weight excluding hydrogens is 427 g/mol. The van der Waals surface area contributed by atoms with Crippen molar-refractivity contribution < 1.29 is 0 Å². The SMILES string of the molecule is CC=C(C)c1cc(C)c2ccccc2c1-c1ccccc1P(c1ccccc1)c1ccccc1. The molecule has 0 spiro atoms. The van der Waals surface area contributed by atoms with Gasteiger partial charge in [0.1, 0.15) is 0 Å². The summed E-state index contributed by atoms with van der Waals surface area (Å²) in [4.78, 5) is 0. The Labute approximate surface area is 204 Å². The van der Waals surface area contributed by atoms with Crippen molar-refractivity contribution >= 4 is 40.2 Å². The fourth-order valence-corrected chi connectivity index (χ4v) is 7.23. The number of hydrogen-bond donors (Lipinski definition) is 0. The topological polar surface area (TPSA) is 0 Å². The van der Waals surface area contributed by atoms with Crippen molar-refractivity contribution in [3.05, 3.63) is 132 Å². The Hall–Kier alpha value is -3.47. The van der Waals surface area contributed by atoms with Crippen LogP contribution in [0.25, 0.3) is 27.5 Å². The summed E-state index contributed by atoms with van der Waals surface area (Å²) in [6.07, 6.45) is 2.23. The Kier molecular flexibility index (Phi) is 6.43. The molecule has 0 aromatic heterocycles. The van der Waals surface area contributed by atoms with Gasteiger partial charge in [-0.15, -0.1) is 0 Å². The molecule has 1 heteroatoms. The van der Waals surface area contributed by atoms with E-state index in [0.29, 0.717) is 0 Å². The number of hydrogen-bond acceptors (Lipinski definition) is 0. The Morgan fingerprint density at radius 2 is 1.18 bits per heavy atom. The highest BCUT2D eigenvalue weighted by molar-refractivity contribution is 7.80. The van der Waals surface area contributed by atoms with E-state index in [1.807, 2.05) is 0 Å². The first kappa shape index (κ1) is 22.3. The summed E-state index contributed by atoms with van der Waals surface area (Å²) in [5.74, 6) is 0. The fourth-order valence-electron chi connectivity index (χ4n) is 4.77. The minimum absolute atomic E-state index is 0.709. The van der Waals surface area contributed by atoms with Crippen molar-refractivity contribution in [2.45, 2.75) is 20.8 Å². The zero-order valence-corrected chi connectivity index (χ0v) is 20.9. The molecule has 0 radical (unpaired) electrons. The van der Waals surface area contributed by atoms with E-state index in [1.165, 1.54) is 54.5 Å². The molecule has 0 aliphatic heterocycles. The van der Waals surface area contributed by atoms with Crippen molar-refractivity contribution in [1.82, 2.24) is 0 Å². The van der Waals surface area contributed by atoms with Crippen LogP contribution >= 0.6 is 7.92 Å². The largest absolute Gasteiger partial charge is 0.0841 e. The average molecular weight is 457 g/mol. The lowest BCUT2D eigenvalue weighted by atomic mass is 9.88. The van der Waals surface area contributed by atoms with Gasteiger partial charge in [-0.1, -0.05) is 121 Å². The molecule has 0 bridgehead atoms. The van der Waals surface area contributed by atoms with Gasteiger partial charge in [-0.3, -0.25) is 0 Å². The van der Waals surface area contributed by atoms with Crippen LogP contribution in [0.15, 0.2) is 121 Å². The number of fused-ring (bicyclic) bond motifs is 1. The molecule has 0 aliphatic rings. The predicted molar refractivity (Wildman–Crippen MR) is 152 cm³/mol. The van der Waals surface area contributed by atoms with Gasteiger partial charge in [0.2, 0.25) is 0 Å². The van der Waals surface area contributed by atoms with Crippen LogP contribution in [0.3, 0.4) is 0 Å². The van der Waals surface area contributed by atoms with Gasteiger partial charge in [0.15, 0.2) is 0 Å². The lowest BCUT2D eigenvalue weighted by Crippen LogP contribution is -2.22. The normalized spacial score (nSPS) is 11.8. The van der Waals surface area contributed by atoms with Gasteiger partial charge in [0.05, 0.1) is 0 Å². The number of rotatable bonds is 5. The molecular formula is C33H29P. The van der Waals surface area contributed by atoms with Crippen LogP contribution in [0.5, 0.6) is 0 Å². The number of allylic oxidation sites excluding steroid dienone is 2. The molecule has 0 amide bonds. The lowest BCUT2D eigenvalue weighted by Gasteiger charge is -2.25. The minimum Gasteiger partial charge on any atom is -0.0841 e. The van der Waals surface area contributed by atoms with Gasteiger partial charge in [0, 0.05) is 0 Å². The first-order valence-electron chi connectivity index (χ1n) is 11.8. The molecule has 5 aromatic carbocycles. The Morgan fingerprint density at radius 3 is 1.79 bits per heavy atom. The Morgan fingerprint density at radius 1 is 0.647 bits per heavy atom. The van der Waals surface area contributed by atoms with E-state index in [0.717, 1.165) is 0 Å². The van der Waals surface area contributed by atoms with Crippen LogP contribution in [0.4, 0.5) is 0 Å². The van der Waals surface area contributed by atoms with Crippen LogP contribution in [-0.4, -0.2) is 0 Å². The highest BCUT2D eigenvalue weighted by atomic mass is 31.1. The van der Waals surface area contributed by atoms with Crippen LogP contribution in [-0.2, 0) is 0 Å². The van der Waals surface area contributed by atoms with Gasteiger partial charge in [0.25, 0.3) is 0 Å².